The summed E-state index contributed by atoms with van der Waals surface area (Å²) in [5.41, 5.74) is 11.5. The molecule has 4 aromatic rings. The Morgan fingerprint density at radius 3 is 2.60 bits per heavy atom. The maximum absolute atomic E-state index is 12.8. The van der Waals surface area contributed by atoms with Crippen molar-refractivity contribution >= 4 is 35.2 Å². The molecule has 12 heteroatoms. The first-order valence-electron chi connectivity index (χ1n) is 15.4. The van der Waals surface area contributed by atoms with E-state index in [4.69, 9.17) is 15.2 Å². The molecule has 11 nitrogen and oxygen atoms in total. The molecule has 0 aliphatic carbocycles. The molecule has 1 atom stereocenters. The van der Waals surface area contributed by atoms with E-state index in [0.29, 0.717) is 45.0 Å². The molecule has 2 fully saturated rings. The van der Waals surface area contributed by atoms with Crippen molar-refractivity contribution in [2.45, 2.75) is 38.3 Å². The van der Waals surface area contributed by atoms with E-state index in [-0.39, 0.29) is 18.5 Å². The zero-order valence-electron chi connectivity index (χ0n) is 26.7. The predicted octanol–water partition coefficient (Wildman–Crippen LogP) is 3.85. The van der Waals surface area contributed by atoms with Gasteiger partial charge < -0.3 is 30.7 Å². The number of amidine groups is 1. The number of carbonyl (C=O) groups excluding carboxylic acids is 2. The molecule has 2 aromatic carbocycles. The van der Waals surface area contributed by atoms with Crippen molar-refractivity contribution in [3.63, 3.8) is 0 Å². The topological polar surface area (TPSA) is 136 Å². The van der Waals surface area contributed by atoms with E-state index in [2.05, 4.69) is 57.8 Å². The van der Waals surface area contributed by atoms with Crippen LogP contribution in [-0.2, 0) is 32.2 Å². The Hall–Kier alpha value is -4.78. The largest absolute Gasteiger partial charge is 0.383 e. The first kappa shape index (κ1) is 33.6. The van der Waals surface area contributed by atoms with Crippen LogP contribution in [0.1, 0.15) is 34.9 Å². The molecule has 2 aromatic heterocycles. The SMILES string of the molecule is C=C(NCC(=O)N1CC2(CC1C)OCCO2)c1ccc(-c2cnn(Cc3ccccc3)c2)cc1.CN=C(N)c1csc(CNC=O)c1. The van der Waals surface area contributed by atoms with Crippen LogP contribution in [0.2, 0.25) is 0 Å². The number of nitrogens with one attached hydrogen (secondary N) is 2. The molecule has 47 heavy (non-hydrogen) atoms. The Morgan fingerprint density at radius 2 is 1.89 bits per heavy atom. The van der Waals surface area contributed by atoms with Crippen molar-refractivity contribution in [2.75, 3.05) is 33.4 Å². The second-order valence-corrected chi connectivity index (χ2v) is 12.4. The van der Waals surface area contributed by atoms with Gasteiger partial charge in [0.15, 0.2) is 5.79 Å². The summed E-state index contributed by atoms with van der Waals surface area (Å²) in [6.07, 6.45) is 5.32. The number of nitrogens with two attached hydrogens (primary N) is 1. The van der Waals surface area contributed by atoms with Crippen molar-refractivity contribution in [3.05, 3.63) is 107 Å². The molecule has 2 saturated heterocycles. The third kappa shape index (κ3) is 8.73. The second-order valence-electron chi connectivity index (χ2n) is 11.4. The Labute approximate surface area is 279 Å². The molecule has 4 N–H and O–H groups in total. The fourth-order valence-electron chi connectivity index (χ4n) is 5.58. The third-order valence-electron chi connectivity index (χ3n) is 8.07. The van der Waals surface area contributed by atoms with Gasteiger partial charge >= 0.3 is 0 Å². The maximum Gasteiger partial charge on any atom is 0.242 e. The Balaban J connectivity index is 0.000000281. The molecule has 0 bridgehead atoms. The van der Waals surface area contributed by atoms with Gasteiger partial charge in [0.1, 0.15) is 5.84 Å². The van der Waals surface area contributed by atoms with E-state index in [1.165, 1.54) is 5.56 Å². The van der Waals surface area contributed by atoms with E-state index in [0.717, 1.165) is 39.4 Å². The monoisotopic (exact) mass is 655 g/mol. The van der Waals surface area contributed by atoms with Crippen LogP contribution in [0.25, 0.3) is 16.8 Å². The van der Waals surface area contributed by atoms with Gasteiger partial charge in [-0.1, -0.05) is 61.2 Å². The summed E-state index contributed by atoms with van der Waals surface area (Å²) in [5.74, 6) is -0.0720. The summed E-state index contributed by atoms with van der Waals surface area (Å²) in [6.45, 7) is 9.29. The number of ether oxygens (including phenoxy) is 2. The number of rotatable bonds is 11. The highest BCUT2D eigenvalue weighted by molar-refractivity contribution is 7.10. The highest BCUT2D eigenvalue weighted by atomic mass is 32.1. The number of hydrogen-bond donors (Lipinski definition) is 3. The molecule has 0 radical (unpaired) electrons. The van der Waals surface area contributed by atoms with E-state index in [1.54, 1.807) is 18.4 Å². The van der Waals surface area contributed by atoms with E-state index < -0.39 is 5.79 Å². The summed E-state index contributed by atoms with van der Waals surface area (Å²) < 4.78 is 13.5. The quantitative estimate of drug-likeness (QED) is 0.127. The van der Waals surface area contributed by atoms with Gasteiger partial charge in [0, 0.05) is 52.8 Å². The normalized spacial score (nSPS) is 16.9. The first-order valence-corrected chi connectivity index (χ1v) is 16.3. The number of aliphatic imine (C=N–C) groups is 1. The third-order valence-corrected chi connectivity index (χ3v) is 9.01. The molecular weight excluding hydrogens is 614 g/mol. The molecule has 2 aliphatic rings. The zero-order chi connectivity index (χ0) is 33.2. The number of benzene rings is 2. The van der Waals surface area contributed by atoms with Crippen molar-refractivity contribution < 1.29 is 19.1 Å². The summed E-state index contributed by atoms with van der Waals surface area (Å²) in [4.78, 5) is 29.6. The highest BCUT2D eigenvalue weighted by Gasteiger charge is 2.48. The Bertz CT molecular complexity index is 1680. The van der Waals surface area contributed by atoms with Gasteiger partial charge in [-0.25, -0.2) is 0 Å². The van der Waals surface area contributed by atoms with Crippen LogP contribution in [-0.4, -0.2) is 78.0 Å². The van der Waals surface area contributed by atoms with Crippen LogP contribution in [0.4, 0.5) is 0 Å². The minimum Gasteiger partial charge on any atom is -0.383 e. The van der Waals surface area contributed by atoms with Gasteiger partial charge in [-0.05, 0) is 29.7 Å². The predicted molar refractivity (Wildman–Crippen MR) is 185 cm³/mol. The second kappa shape index (κ2) is 15.7. The van der Waals surface area contributed by atoms with Gasteiger partial charge in [0.2, 0.25) is 12.3 Å². The highest BCUT2D eigenvalue weighted by Crippen LogP contribution is 2.34. The van der Waals surface area contributed by atoms with Crippen LogP contribution >= 0.6 is 11.3 Å². The molecule has 4 heterocycles. The number of carbonyl (C=O) groups is 2. The first-order chi connectivity index (χ1) is 22.8. The minimum atomic E-state index is -0.614. The molecular formula is C35H41N7O4S. The number of hydrogen-bond acceptors (Lipinski definition) is 8. The van der Waals surface area contributed by atoms with Crippen LogP contribution < -0.4 is 16.4 Å². The van der Waals surface area contributed by atoms with Gasteiger partial charge in [-0.2, -0.15) is 5.10 Å². The lowest BCUT2D eigenvalue weighted by Gasteiger charge is -2.23. The van der Waals surface area contributed by atoms with Crippen molar-refractivity contribution in [3.8, 4) is 11.1 Å². The average Bonchev–Trinajstić information content (AvgIpc) is 3.92. The number of amides is 2. The molecule has 1 spiro atoms. The number of aromatic nitrogens is 2. The molecule has 2 amide bonds. The fourth-order valence-corrected chi connectivity index (χ4v) is 6.41. The lowest BCUT2D eigenvalue weighted by molar-refractivity contribution is -0.152. The Kier molecular flexibility index (Phi) is 11.2. The molecule has 2 aliphatic heterocycles. The van der Waals surface area contributed by atoms with E-state index in [1.807, 2.05) is 64.5 Å². The van der Waals surface area contributed by atoms with Gasteiger partial charge in [-0.15, -0.1) is 11.3 Å². The standard InChI is InChI=1S/C27H30N4O3.C8H11N3OS/c1-20-14-27(33-12-13-34-27)19-31(20)26(32)16-28-21(2)23-8-10-24(11-9-23)25-15-29-30(18-25)17-22-6-4-3-5-7-22;1-10-8(9)6-2-7(13-4-6)3-11-5-12/h3-11,15,18,20,28H,2,12-14,16-17,19H2,1H3;2,4-5H,3H2,1H3,(H2,9,10)(H,11,12). The van der Waals surface area contributed by atoms with Crippen molar-refractivity contribution in [1.29, 1.82) is 0 Å². The number of nitrogens with zero attached hydrogens (tertiary/aromatic N) is 4. The van der Waals surface area contributed by atoms with Crippen LogP contribution in [0.5, 0.6) is 0 Å². The number of thiophene rings is 1. The van der Waals surface area contributed by atoms with E-state index >= 15 is 0 Å². The fraction of sp³-hybridized carbons (Fsp3) is 0.314. The number of likely N-dealkylation sites (tertiary alicyclic amines) is 1. The lowest BCUT2D eigenvalue weighted by Crippen LogP contribution is -2.42. The van der Waals surface area contributed by atoms with Crippen LogP contribution in [0.3, 0.4) is 0 Å². The van der Waals surface area contributed by atoms with Gasteiger partial charge in [0.05, 0.1) is 45.6 Å². The molecule has 0 saturated carbocycles. The molecule has 6 rings (SSSR count). The minimum absolute atomic E-state index is 0.0204. The molecule has 246 valence electrons. The molecule has 1 unspecified atom stereocenters. The van der Waals surface area contributed by atoms with Crippen molar-refractivity contribution in [1.82, 2.24) is 25.3 Å². The average molecular weight is 656 g/mol. The van der Waals surface area contributed by atoms with Crippen LogP contribution in [0, 0.1) is 0 Å². The zero-order valence-corrected chi connectivity index (χ0v) is 27.5. The van der Waals surface area contributed by atoms with Gasteiger partial charge in [-0.3, -0.25) is 19.3 Å². The van der Waals surface area contributed by atoms with Crippen molar-refractivity contribution in [2.24, 2.45) is 10.7 Å². The summed E-state index contributed by atoms with van der Waals surface area (Å²) in [6, 6.07) is 20.4. The maximum atomic E-state index is 12.8. The summed E-state index contributed by atoms with van der Waals surface area (Å²) in [7, 11) is 1.65. The van der Waals surface area contributed by atoms with Crippen LogP contribution in [0.15, 0.2) is 90.0 Å². The van der Waals surface area contributed by atoms with Gasteiger partial charge in [0.25, 0.3) is 0 Å². The van der Waals surface area contributed by atoms with E-state index in [9.17, 15) is 9.59 Å². The Morgan fingerprint density at radius 1 is 1.15 bits per heavy atom. The summed E-state index contributed by atoms with van der Waals surface area (Å²) >= 11 is 1.55. The summed E-state index contributed by atoms with van der Waals surface area (Å²) in [5, 5.41) is 12.2. The smallest absolute Gasteiger partial charge is 0.242 e. The lowest BCUT2D eigenvalue weighted by atomic mass is 10.1.